The number of nitrogens with zero attached hydrogens (tertiary/aromatic N) is 2. The van der Waals surface area contributed by atoms with Crippen LogP contribution >= 0.6 is 11.8 Å². The van der Waals surface area contributed by atoms with E-state index in [2.05, 4.69) is 27.4 Å². The molecule has 2 rings (SSSR count). The Morgan fingerprint density at radius 2 is 2.41 bits per heavy atom. The number of carbonyl (C=O) groups excluding carboxylic acids is 1. The van der Waals surface area contributed by atoms with Crippen molar-refractivity contribution >= 4 is 17.7 Å². The normalized spacial score (nSPS) is 24.5. The minimum Gasteiger partial charge on any atom is -0.352 e. The number of thioether (sulfide) groups is 1. The van der Waals surface area contributed by atoms with Crippen LogP contribution in [0.25, 0.3) is 0 Å². The highest BCUT2D eigenvalue weighted by atomic mass is 32.2. The first kappa shape index (κ1) is 12.4. The third-order valence-corrected chi connectivity index (χ3v) is 4.07. The lowest BCUT2D eigenvalue weighted by Crippen LogP contribution is -2.41. The highest BCUT2D eigenvalue weighted by molar-refractivity contribution is 7.99. The third-order valence-electron chi connectivity index (χ3n) is 3.19. The summed E-state index contributed by atoms with van der Waals surface area (Å²) in [6.45, 7) is 2.22. The van der Waals surface area contributed by atoms with Crippen molar-refractivity contribution in [3.8, 4) is 0 Å². The maximum atomic E-state index is 11.8. The maximum Gasteiger partial charge on any atom is 0.230 e. The van der Waals surface area contributed by atoms with Crippen LogP contribution in [-0.2, 0) is 4.79 Å². The second-order valence-corrected chi connectivity index (χ2v) is 5.48. The molecule has 1 aromatic rings. The smallest absolute Gasteiger partial charge is 0.230 e. The molecule has 0 radical (unpaired) electrons. The molecule has 0 aromatic carbocycles. The van der Waals surface area contributed by atoms with Crippen LogP contribution in [0.15, 0.2) is 11.5 Å². The zero-order valence-electron chi connectivity index (χ0n) is 9.98. The third kappa shape index (κ3) is 3.73. The Bertz CT molecular complexity index is 354. The first-order valence-electron chi connectivity index (χ1n) is 6.03. The number of aromatic nitrogens is 3. The van der Waals surface area contributed by atoms with Gasteiger partial charge in [0, 0.05) is 6.04 Å². The lowest BCUT2D eigenvalue weighted by molar-refractivity contribution is -0.119. The maximum absolute atomic E-state index is 11.8. The van der Waals surface area contributed by atoms with Gasteiger partial charge in [0.25, 0.3) is 0 Å². The molecule has 0 spiro atoms. The predicted molar refractivity (Wildman–Crippen MR) is 66.7 cm³/mol. The van der Waals surface area contributed by atoms with Crippen LogP contribution in [0.5, 0.6) is 0 Å². The minimum absolute atomic E-state index is 0.0881. The van der Waals surface area contributed by atoms with Gasteiger partial charge in [-0.1, -0.05) is 31.5 Å². The molecule has 0 saturated heterocycles. The number of H-pyrrole nitrogens is 1. The second-order valence-electron chi connectivity index (χ2n) is 4.52. The molecule has 0 bridgehead atoms. The van der Waals surface area contributed by atoms with Crippen LogP contribution < -0.4 is 5.32 Å². The van der Waals surface area contributed by atoms with E-state index < -0.39 is 0 Å². The molecule has 17 heavy (non-hydrogen) atoms. The minimum atomic E-state index is 0.0881. The molecule has 1 saturated carbocycles. The van der Waals surface area contributed by atoms with E-state index in [1.165, 1.54) is 37.4 Å². The largest absolute Gasteiger partial charge is 0.352 e. The van der Waals surface area contributed by atoms with Gasteiger partial charge in [0.2, 0.25) is 5.91 Å². The van der Waals surface area contributed by atoms with Crippen LogP contribution in [0.4, 0.5) is 0 Å². The molecule has 1 amide bonds. The molecular weight excluding hydrogens is 236 g/mol. The van der Waals surface area contributed by atoms with Crippen LogP contribution in [0, 0.1) is 5.92 Å². The average molecular weight is 254 g/mol. The quantitative estimate of drug-likeness (QED) is 0.801. The van der Waals surface area contributed by atoms with Gasteiger partial charge in [-0.15, -0.1) is 0 Å². The van der Waals surface area contributed by atoms with Gasteiger partial charge in [0.05, 0.1) is 5.75 Å². The Hall–Kier alpha value is -1.04. The Kier molecular flexibility index (Phi) is 4.42. The molecule has 2 N–H and O–H groups in total. The van der Waals surface area contributed by atoms with Crippen molar-refractivity contribution < 1.29 is 4.79 Å². The van der Waals surface area contributed by atoms with Crippen molar-refractivity contribution in [2.24, 2.45) is 5.92 Å². The molecule has 1 heterocycles. The number of amides is 1. The van der Waals surface area contributed by atoms with E-state index in [0.717, 1.165) is 6.42 Å². The van der Waals surface area contributed by atoms with E-state index in [4.69, 9.17) is 0 Å². The molecule has 1 fully saturated rings. The van der Waals surface area contributed by atoms with Crippen molar-refractivity contribution in [2.75, 3.05) is 5.75 Å². The number of carbonyl (C=O) groups is 1. The fourth-order valence-electron chi connectivity index (χ4n) is 2.18. The monoisotopic (exact) mass is 254 g/mol. The van der Waals surface area contributed by atoms with Gasteiger partial charge >= 0.3 is 0 Å². The van der Waals surface area contributed by atoms with E-state index in [9.17, 15) is 4.79 Å². The molecule has 2 atom stereocenters. The lowest BCUT2D eigenvalue weighted by Gasteiger charge is -2.29. The van der Waals surface area contributed by atoms with Crippen molar-refractivity contribution in [2.45, 2.75) is 43.8 Å². The van der Waals surface area contributed by atoms with E-state index in [1.807, 2.05) is 0 Å². The first-order valence-corrected chi connectivity index (χ1v) is 7.02. The summed E-state index contributed by atoms with van der Waals surface area (Å²) in [5.41, 5.74) is 0. The summed E-state index contributed by atoms with van der Waals surface area (Å²) in [5, 5.41) is 10.3. The highest BCUT2D eigenvalue weighted by Gasteiger charge is 2.22. The number of nitrogens with one attached hydrogen (secondary N) is 2. The van der Waals surface area contributed by atoms with E-state index in [-0.39, 0.29) is 5.91 Å². The molecule has 94 valence electrons. The predicted octanol–water partition coefficient (Wildman–Crippen LogP) is 1.59. The number of aromatic amines is 1. The van der Waals surface area contributed by atoms with Gasteiger partial charge in [-0.25, -0.2) is 4.98 Å². The van der Waals surface area contributed by atoms with E-state index in [0.29, 0.717) is 22.9 Å². The molecule has 0 unspecified atom stereocenters. The highest BCUT2D eigenvalue weighted by Crippen LogP contribution is 2.23. The molecule has 6 heteroatoms. The number of hydrogen-bond donors (Lipinski definition) is 2. The summed E-state index contributed by atoms with van der Waals surface area (Å²) in [7, 11) is 0. The summed E-state index contributed by atoms with van der Waals surface area (Å²) in [6, 6.07) is 0.353. The van der Waals surface area contributed by atoms with E-state index >= 15 is 0 Å². The van der Waals surface area contributed by atoms with E-state index in [1.54, 1.807) is 0 Å². The summed E-state index contributed by atoms with van der Waals surface area (Å²) >= 11 is 1.38. The number of hydrogen-bond acceptors (Lipinski definition) is 4. The second kappa shape index (κ2) is 6.05. The topological polar surface area (TPSA) is 70.7 Å². The summed E-state index contributed by atoms with van der Waals surface area (Å²) < 4.78 is 0. The zero-order valence-corrected chi connectivity index (χ0v) is 10.8. The number of rotatable bonds is 4. The zero-order chi connectivity index (χ0) is 12.1. The molecule has 1 aliphatic rings. The Morgan fingerprint density at radius 3 is 3.12 bits per heavy atom. The van der Waals surface area contributed by atoms with Crippen LogP contribution in [0.3, 0.4) is 0 Å². The van der Waals surface area contributed by atoms with Crippen LogP contribution in [0.1, 0.15) is 32.6 Å². The molecule has 1 aromatic heterocycles. The molecule has 5 nitrogen and oxygen atoms in total. The molecule has 0 aliphatic heterocycles. The Morgan fingerprint density at radius 1 is 1.59 bits per heavy atom. The van der Waals surface area contributed by atoms with Crippen molar-refractivity contribution in [3.05, 3.63) is 6.33 Å². The fraction of sp³-hybridized carbons (Fsp3) is 0.727. The summed E-state index contributed by atoms with van der Waals surface area (Å²) in [4.78, 5) is 15.7. The standard InChI is InChI=1S/C11H18N4OS/c1-8-4-2-3-5-9(8)14-10(16)6-17-11-12-7-13-15-11/h7-9H,2-6H2,1H3,(H,14,16)(H,12,13,15)/t8-,9-/m0/s1. The Labute approximate surface area is 105 Å². The summed E-state index contributed by atoms with van der Waals surface area (Å²) in [6.07, 6.45) is 6.30. The van der Waals surface area contributed by atoms with Crippen LogP contribution in [0.2, 0.25) is 0 Å². The van der Waals surface area contributed by atoms with Crippen molar-refractivity contribution in [3.63, 3.8) is 0 Å². The lowest BCUT2D eigenvalue weighted by atomic mass is 9.86. The Balaban J connectivity index is 1.73. The van der Waals surface area contributed by atoms with Gasteiger partial charge in [-0.3, -0.25) is 9.89 Å². The fourth-order valence-corrected chi connectivity index (χ4v) is 2.77. The van der Waals surface area contributed by atoms with Crippen molar-refractivity contribution in [1.82, 2.24) is 20.5 Å². The van der Waals surface area contributed by atoms with Gasteiger partial charge in [-0.05, 0) is 18.8 Å². The SMILES string of the molecule is C[C@H]1CCCC[C@@H]1NC(=O)CSc1ncn[nH]1. The van der Waals surface area contributed by atoms with Crippen LogP contribution in [-0.4, -0.2) is 32.9 Å². The van der Waals surface area contributed by atoms with Crippen molar-refractivity contribution in [1.29, 1.82) is 0 Å². The van der Waals surface area contributed by atoms with Gasteiger partial charge < -0.3 is 5.32 Å². The van der Waals surface area contributed by atoms with Gasteiger partial charge in [0.15, 0.2) is 5.16 Å². The van der Waals surface area contributed by atoms with Gasteiger partial charge in [-0.2, -0.15) is 5.10 Å². The molecular formula is C11H18N4OS. The summed E-state index contributed by atoms with van der Waals surface area (Å²) in [5.74, 6) is 1.09. The average Bonchev–Trinajstić information content (AvgIpc) is 2.82. The van der Waals surface area contributed by atoms with Gasteiger partial charge in [0.1, 0.15) is 6.33 Å². The first-order chi connectivity index (χ1) is 8.25. The molecule has 1 aliphatic carbocycles.